The number of allylic oxidation sites excluding steroid dienone is 2. The molecule has 1 aliphatic carbocycles. The summed E-state index contributed by atoms with van der Waals surface area (Å²) in [6.07, 6.45) is 8.63. The van der Waals surface area contributed by atoms with Crippen LogP contribution in [0.15, 0.2) is 22.7 Å². The van der Waals surface area contributed by atoms with E-state index in [4.69, 9.17) is 24.7 Å². The van der Waals surface area contributed by atoms with Crippen molar-refractivity contribution in [1.29, 1.82) is 0 Å². The van der Waals surface area contributed by atoms with Crippen LogP contribution in [0.25, 0.3) is 0 Å². The van der Waals surface area contributed by atoms with Gasteiger partial charge in [0.1, 0.15) is 6.04 Å². The SMILES string of the molecule is COCC(N)C(=O)OCCCCCCCCCCC1=C(C)C(=O)C(OC)=C(OC)C1=O. The minimum atomic E-state index is -0.717. The van der Waals surface area contributed by atoms with E-state index in [1.807, 2.05) is 0 Å². The normalized spacial score (nSPS) is 15.4. The summed E-state index contributed by atoms with van der Waals surface area (Å²) >= 11 is 0. The van der Waals surface area contributed by atoms with Crippen LogP contribution in [0.3, 0.4) is 0 Å². The molecule has 0 spiro atoms. The van der Waals surface area contributed by atoms with Gasteiger partial charge >= 0.3 is 5.97 Å². The van der Waals surface area contributed by atoms with Gasteiger partial charge in [0.15, 0.2) is 0 Å². The third-order valence-corrected chi connectivity index (χ3v) is 5.31. The maximum Gasteiger partial charge on any atom is 0.325 e. The van der Waals surface area contributed by atoms with Gasteiger partial charge in [0.2, 0.25) is 23.1 Å². The Bertz CT molecular complexity index is 681. The summed E-state index contributed by atoms with van der Waals surface area (Å²) in [4.78, 5) is 36.4. The minimum Gasteiger partial charge on any atom is -0.489 e. The first-order valence-corrected chi connectivity index (χ1v) is 10.9. The van der Waals surface area contributed by atoms with Gasteiger partial charge in [-0.25, -0.2) is 0 Å². The van der Waals surface area contributed by atoms with Gasteiger partial charge < -0.3 is 24.7 Å². The van der Waals surface area contributed by atoms with E-state index in [0.29, 0.717) is 24.2 Å². The number of unbranched alkanes of at least 4 members (excludes halogenated alkanes) is 7. The third-order valence-electron chi connectivity index (χ3n) is 5.31. The van der Waals surface area contributed by atoms with Gasteiger partial charge in [-0.3, -0.25) is 14.4 Å². The van der Waals surface area contributed by atoms with Crippen molar-refractivity contribution in [3.8, 4) is 0 Å². The molecule has 0 saturated carbocycles. The molecule has 0 aromatic heterocycles. The Balaban J connectivity index is 2.15. The first kappa shape index (κ1) is 26.8. The number of methoxy groups -OCH3 is 3. The fraction of sp³-hybridized carbons (Fsp3) is 0.696. The molecule has 1 aliphatic rings. The van der Waals surface area contributed by atoms with Crippen molar-refractivity contribution in [2.24, 2.45) is 5.73 Å². The summed E-state index contributed by atoms with van der Waals surface area (Å²) in [7, 11) is 4.23. The molecule has 1 atom stereocenters. The molecule has 31 heavy (non-hydrogen) atoms. The number of hydrogen-bond acceptors (Lipinski definition) is 8. The number of rotatable bonds is 16. The minimum absolute atomic E-state index is 0.000500. The number of carbonyl (C=O) groups excluding carboxylic acids is 3. The average Bonchev–Trinajstić information content (AvgIpc) is 2.76. The van der Waals surface area contributed by atoms with Gasteiger partial charge in [-0.05, 0) is 26.2 Å². The second-order valence-corrected chi connectivity index (χ2v) is 7.64. The lowest BCUT2D eigenvalue weighted by Gasteiger charge is -2.20. The molecule has 8 nitrogen and oxygen atoms in total. The molecule has 0 amide bonds. The van der Waals surface area contributed by atoms with Gasteiger partial charge in [0, 0.05) is 18.3 Å². The van der Waals surface area contributed by atoms with E-state index >= 15 is 0 Å². The Kier molecular flexibility index (Phi) is 12.8. The van der Waals surface area contributed by atoms with Gasteiger partial charge in [0.25, 0.3) is 0 Å². The van der Waals surface area contributed by atoms with Crippen LogP contribution in [0, 0.1) is 0 Å². The molecule has 0 aliphatic heterocycles. The summed E-state index contributed by atoms with van der Waals surface area (Å²) < 4.78 is 20.1. The first-order chi connectivity index (χ1) is 14.9. The zero-order chi connectivity index (χ0) is 23.2. The Morgan fingerprint density at radius 1 is 0.839 bits per heavy atom. The van der Waals surface area contributed by atoms with Crippen LogP contribution in [0.1, 0.15) is 64.7 Å². The van der Waals surface area contributed by atoms with Crippen molar-refractivity contribution in [2.45, 2.75) is 70.8 Å². The van der Waals surface area contributed by atoms with E-state index in [1.165, 1.54) is 21.3 Å². The summed E-state index contributed by atoms with van der Waals surface area (Å²) in [5.74, 6) is -0.960. The highest BCUT2D eigenvalue weighted by Gasteiger charge is 2.34. The molecule has 0 aromatic rings. The summed E-state index contributed by atoms with van der Waals surface area (Å²) in [6, 6.07) is -0.717. The Hall–Kier alpha value is -2.19. The van der Waals surface area contributed by atoms with E-state index in [-0.39, 0.29) is 29.7 Å². The van der Waals surface area contributed by atoms with Crippen molar-refractivity contribution in [1.82, 2.24) is 0 Å². The average molecular weight is 440 g/mol. The summed E-state index contributed by atoms with van der Waals surface area (Å²) in [6.45, 7) is 2.22. The molecular weight excluding hydrogens is 402 g/mol. The highest BCUT2D eigenvalue weighted by Crippen LogP contribution is 2.28. The molecule has 0 fully saturated rings. The predicted molar refractivity (Wildman–Crippen MR) is 116 cm³/mol. The van der Waals surface area contributed by atoms with Crippen molar-refractivity contribution in [3.05, 3.63) is 22.7 Å². The second-order valence-electron chi connectivity index (χ2n) is 7.64. The number of ketones is 2. The molecule has 0 radical (unpaired) electrons. The standard InChI is InChI=1S/C23H37NO7/c1-16-17(20(26)22(30-4)21(29-3)19(16)25)13-11-9-7-5-6-8-10-12-14-31-23(27)18(24)15-28-2/h18H,5-15,24H2,1-4H3. The highest BCUT2D eigenvalue weighted by atomic mass is 16.5. The van der Waals surface area contributed by atoms with Crippen LogP contribution >= 0.6 is 0 Å². The van der Waals surface area contributed by atoms with Gasteiger partial charge in [-0.2, -0.15) is 0 Å². The summed E-state index contributed by atoms with van der Waals surface area (Å²) in [5, 5.41) is 0. The Morgan fingerprint density at radius 3 is 1.90 bits per heavy atom. The lowest BCUT2D eigenvalue weighted by molar-refractivity contribution is -0.146. The molecule has 0 bridgehead atoms. The lowest BCUT2D eigenvalue weighted by Crippen LogP contribution is -2.36. The fourth-order valence-corrected chi connectivity index (χ4v) is 3.48. The maximum absolute atomic E-state index is 12.6. The van der Waals surface area contributed by atoms with E-state index in [1.54, 1.807) is 6.92 Å². The highest BCUT2D eigenvalue weighted by molar-refractivity contribution is 6.23. The molecule has 1 rings (SSSR count). The van der Waals surface area contributed by atoms with Crippen molar-refractivity contribution in [2.75, 3.05) is 34.5 Å². The van der Waals surface area contributed by atoms with Crippen molar-refractivity contribution < 1.29 is 33.3 Å². The fourth-order valence-electron chi connectivity index (χ4n) is 3.48. The number of hydrogen-bond donors (Lipinski definition) is 1. The van der Waals surface area contributed by atoms with Gasteiger partial charge in [-0.1, -0.05) is 38.5 Å². The third kappa shape index (κ3) is 8.45. The Labute approximate surface area is 185 Å². The zero-order valence-electron chi connectivity index (χ0n) is 19.3. The maximum atomic E-state index is 12.6. The number of esters is 1. The molecule has 1 unspecified atom stereocenters. The monoisotopic (exact) mass is 439 g/mol. The zero-order valence-corrected chi connectivity index (χ0v) is 19.3. The van der Waals surface area contributed by atoms with Gasteiger partial charge in [-0.15, -0.1) is 0 Å². The number of ether oxygens (including phenoxy) is 4. The van der Waals surface area contributed by atoms with Crippen molar-refractivity contribution in [3.63, 3.8) is 0 Å². The number of carbonyl (C=O) groups is 3. The van der Waals surface area contributed by atoms with Crippen LogP contribution in [-0.2, 0) is 33.3 Å². The van der Waals surface area contributed by atoms with Crippen LogP contribution in [0.5, 0.6) is 0 Å². The van der Waals surface area contributed by atoms with Crippen LogP contribution < -0.4 is 5.73 Å². The Morgan fingerprint density at radius 2 is 1.35 bits per heavy atom. The molecule has 0 heterocycles. The molecule has 176 valence electrons. The topological polar surface area (TPSA) is 114 Å². The van der Waals surface area contributed by atoms with Crippen LogP contribution in [0.2, 0.25) is 0 Å². The molecule has 2 N–H and O–H groups in total. The van der Waals surface area contributed by atoms with Crippen LogP contribution in [0.4, 0.5) is 0 Å². The molecule has 0 aromatic carbocycles. The molecule has 0 saturated heterocycles. The largest absolute Gasteiger partial charge is 0.489 e. The first-order valence-electron chi connectivity index (χ1n) is 10.9. The molecular formula is C23H37NO7. The van der Waals surface area contributed by atoms with Crippen molar-refractivity contribution >= 4 is 17.5 Å². The molecule has 8 heteroatoms. The number of nitrogens with two attached hydrogens (primary N) is 1. The number of Topliss-reactive ketones (excluding diaryl/α,β-unsaturated/α-hetero) is 2. The summed E-state index contributed by atoms with van der Waals surface area (Å²) in [5.41, 5.74) is 6.57. The lowest BCUT2D eigenvalue weighted by atomic mass is 9.89. The van der Waals surface area contributed by atoms with E-state index < -0.39 is 12.0 Å². The van der Waals surface area contributed by atoms with Gasteiger partial charge in [0.05, 0.1) is 27.4 Å². The van der Waals surface area contributed by atoms with Crippen LogP contribution in [-0.4, -0.2) is 58.1 Å². The van der Waals surface area contributed by atoms with E-state index in [0.717, 1.165) is 51.4 Å². The quantitative estimate of drug-likeness (QED) is 0.222. The predicted octanol–water partition coefficient (Wildman–Crippen LogP) is 2.99. The second kappa shape index (κ2) is 14.8. The smallest absolute Gasteiger partial charge is 0.325 e. The van der Waals surface area contributed by atoms with E-state index in [2.05, 4.69) is 0 Å². The van der Waals surface area contributed by atoms with E-state index in [9.17, 15) is 14.4 Å².